The Morgan fingerprint density at radius 3 is 2.60 bits per heavy atom. The summed E-state index contributed by atoms with van der Waals surface area (Å²) in [4.78, 5) is -0.560. The SMILES string of the molecule is Cc1ccn(CC(C(N)=S)C(F)(F)F)n1. The molecule has 15 heavy (non-hydrogen) atoms. The van der Waals surface area contributed by atoms with Crippen molar-refractivity contribution >= 4 is 17.2 Å². The number of aromatic nitrogens is 2. The molecule has 1 aromatic rings. The highest BCUT2D eigenvalue weighted by Crippen LogP contribution is 2.27. The van der Waals surface area contributed by atoms with Crippen molar-refractivity contribution in [1.29, 1.82) is 0 Å². The first-order valence-corrected chi connectivity index (χ1v) is 4.57. The van der Waals surface area contributed by atoms with Crippen molar-refractivity contribution in [1.82, 2.24) is 9.78 Å². The summed E-state index contributed by atoms with van der Waals surface area (Å²) in [5, 5.41) is 3.85. The number of nitrogens with two attached hydrogens (primary N) is 1. The third-order valence-electron chi connectivity index (χ3n) is 1.88. The van der Waals surface area contributed by atoms with Gasteiger partial charge in [-0.2, -0.15) is 18.3 Å². The molecule has 1 rings (SSSR count). The van der Waals surface area contributed by atoms with Gasteiger partial charge in [-0.3, -0.25) is 4.68 Å². The molecule has 84 valence electrons. The van der Waals surface area contributed by atoms with Gasteiger partial charge in [-0.05, 0) is 13.0 Å². The predicted octanol–water partition coefficient (Wildman–Crippen LogP) is 1.66. The lowest BCUT2D eigenvalue weighted by Crippen LogP contribution is -2.37. The molecule has 1 atom stereocenters. The van der Waals surface area contributed by atoms with Crippen LogP contribution in [0.15, 0.2) is 12.3 Å². The summed E-state index contributed by atoms with van der Waals surface area (Å²) in [5.74, 6) is -1.83. The highest BCUT2D eigenvalue weighted by molar-refractivity contribution is 7.80. The molecular weight excluding hydrogens is 227 g/mol. The van der Waals surface area contributed by atoms with Gasteiger partial charge in [-0.25, -0.2) is 0 Å². The van der Waals surface area contributed by atoms with Crippen LogP contribution >= 0.6 is 12.2 Å². The van der Waals surface area contributed by atoms with Crippen LogP contribution in [0.4, 0.5) is 13.2 Å². The maximum absolute atomic E-state index is 12.5. The van der Waals surface area contributed by atoms with Gasteiger partial charge < -0.3 is 5.73 Å². The number of nitrogens with zero attached hydrogens (tertiary/aromatic N) is 2. The normalized spacial score (nSPS) is 13.9. The van der Waals surface area contributed by atoms with E-state index in [4.69, 9.17) is 5.73 Å². The summed E-state index contributed by atoms with van der Waals surface area (Å²) in [6, 6.07) is 1.62. The van der Waals surface area contributed by atoms with Gasteiger partial charge in [-0.1, -0.05) is 12.2 Å². The molecule has 1 heterocycles. The Kier molecular flexibility index (Phi) is 3.33. The molecule has 0 aliphatic heterocycles. The summed E-state index contributed by atoms with van der Waals surface area (Å²) in [5.41, 5.74) is 5.70. The van der Waals surface area contributed by atoms with E-state index in [2.05, 4.69) is 17.3 Å². The van der Waals surface area contributed by atoms with Crippen LogP contribution in [0.1, 0.15) is 5.69 Å². The summed E-state index contributed by atoms with van der Waals surface area (Å²) >= 11 is 4.39. The fraction of sp³-hybridized carbons (Fsp3) is 0.500. The Bertz CT molecular complexity index is 358. The lowest BCUT2D eigenvalue weighted by Gasteiger charge is -2.18. The minimum Gasteiger partial charge on any atom is -0.393 e. The molecule has 1 aromatic heterocycles. The zero-order valence-electron chi connectivity index (χ0n) is 7.95. The van der Waals surface area contributed by atoms with E-state index < -0.39 is 17.1 Å². The van der Waals surface area contributed by atoms with Gasteiger partial charge in [0.25, 0.3) is 0 Å². The monoisotopic (exact) mass is 237 g/mol. The smallest absolute Gasteiger partial charge is 0.393 e. The third-order valence-corrected chi connectivity index (χ3v) is 2.17. The quantitative estimate of drug-likeness (QED) is 0.813. The zero-order valence-corrected chi connectivity index (χ0v) is 8.77. The number of halogens is 3. The fourth-order valence-corrected chi connectivity index (χ4v) is 1.31. The number of hydrogen-bond donors (Lipinski definition) is 1. The minimum absolute atomic E-state index is 0.368. The number of rotatable bonds is 3. The molecule has 0 fully saturated rings. The van der Waals surface area contributed by atoms with Gasteiger partial charge in [0, 0.05) is 6.20 Å². The number of aryl methyl sites for hydroxylation is 1. The average molecular weight is 237 g/mol. The van der Waals surface area contributed by atoms with E-state index in [1.165, 1.54) is 10.9 Å². The van der Waals surface area contributed by atoms with E-state index >= 15 is 0 Å². The van der Waals surface area contributed by atoms with E-state index in [1.807, 2.05) is 0 Å². The van der Waals surface area contributed by atoms with Crippen molar-refractivity contribution in [3.05, 3.63) is 18.0 Å². The van der Waals surface area contributed by atoms with Gasteiger partial charge in [0.15, 0.2) is 0 Å². The average Bonchev–Trinajstić information content (AvgIpc) is 2.44. The van der Waals surface area contributed by atoms with Crippen LogP contribution in [0.5, 0.6) is 0 Å². The Labute approximate surface area is 90.1 Å². The molecule has 0 aliphatic carbocycles. The van der Waals surface area contributed by atoms with Crippen molar-refractivity contribution < 1.29 is 13.2 Å². The van der Waals surface area contributed by atoms with E-state index in [-0.39, 0.29) is 6.54 Å². The molecule has 0 amide bonds. The van der Waals surface area contributed by atoms with Gasteiger partial charge in [0.05, 0.1) is 17.2 Å². The summed E-state index contributed by atoms with van der Waals surface area (Å²) in [6.07, 6.45) is -2.96. The Morgan fingerprint density at radius 2 is 2.27 bits per heavy atom. The molecular formula is C8H10F3N3S. The number of alkyl halides is 3. The zero-order chi connectivity index (χ0) is 11.6. The largest absolute Gasteiger partial charge is 0.399 e. The highest BCUT2D eigenvalue weighted by Gasteiger charge is 2.42. The Morgan fingerprint density at radius 1 is 1.67 bits per heavy atom. The molecule has 0 aliphatic rings. The van der Waals surface area contributed by atoms with E-state index in [0.29, 0.717) is 5.69 Å². The molecule has 0 saturated carbocycles. The van der Waals surface area contributed by atoms with Crippen LogP contribution < -0.4 is 5.73 Å². The summed E-state index contributed by atoms with van der Waals surface area (Å²) in [6.45, 7) is 1.33. The van der Waals surface area contributed by atoms with Crippen LogP contribution in [0.3, 0.4) is 0 Å². The third kappa shape index (κ3) is 3.19. The molecule has 1 unspecified atom stereocenters. The second kappa shape index (κ2) is 4.18. The van der Waals surface area contributed by atoms with Crippen LogP contribution in [-0.2, 0) is 6.54 Å². The summed E-state index contributed by atoms with van der Waals surface area (Å²) < 4.78 is 38.6. The molecule has 3 nitrogen and oxygen atoms in total. The second-order valence-electron chi connectivity index (χ2n) is 3.18. The van der Waals surface area contributed by atoms with Gasteiger partial charge in [0.1, 0.15) is 5.92 Å². The van der Waals surface area contributed by atoms with Gasteiger partial charge in [-0.15, -0.1) is 0 Å². The first-order chi connectivity index (χ1) is 6.80. The topological polar surface area (TPSA) is 43.8 Å². The lowest BCUT2D eigenvalue weighted by molar-refractivity contribution is -0.158. The van der Waals surface area contributed by atoms with Crippen molar-refractivity contribution in [2.24, 2.45) is 11.7 Å². The standard InChI is InChI=1S/C8H10F3N3S/c1-5-2-3-14(13-5)4-6(7(12)15)8(9,10)11/h2-3,6H,4H2,1H3,(H2,12,15). The van der Waals surface area contributed by atoms with Crippen molar-refractivity contribution in [3.8, 4) is 0 Å². The molecule has 0 bridgehead atoms. The maximum atomic E-state index is 12.5. The first kappa shape index (κ1) is 12.0. The maximum Gasteiger partial charge on any atom is 0.399 e. The first-order valence-electron chi connectivity index (χ1n) is 4.17. The van der Waals surface area contributed by atoms with Crippen molar-refractivity contribution in [2.45, 2.75) is 19.6 Å². The second-order valence-corrected chi connectivity index (χ2v) is 3.65. The lowest BCUT2D eigenvalue weighted by atomic mass is 10.1. The van der Waals surface area contributed by atoms with Crippen LogP contribution in [0.2, 0.25) is 0 Å². The molecule has 0 saturated heterocycles. The van der Waals surface area contributed by atoms with Crippen LogP contribution in [-0.4, -0.2) is 20.9 Å². The van der Waals surface area contributed by atoms with E-state index in [9.17, 15) is 13.2 Å². The van der Waals surface area contributed by atoms with Crippen molar-refractivity contribution in [3.63, 3.8) is 0 Å². The Hall–Kier alpha value is -1.11. The molecule has 0 aromatic carbocycles. The fourth-order valence-electron chi connectivity index (χ4n) is 1.11. The molecule has 2 N–H and O–H groups in total. The minimum atomic E-state index is -4.42. The summed E-state index contributed by atoms with van der Waals surface area (Å²) in [7, 11) is 0. The number of thiocarbonyl (C=S) groups is 1. The van der Waals surface area contributed by atoms with Crippen LogP contribution in [0.25, 0.3) is 0 Å². The molecule has 0 spiro atoms. The Balaban J connectivity index is 2.81. The van der Waals surface area contributed by atoms with E-state index in [1.54, 1.807) is 13.0 Å². The molecule has 7 heteroatoms. The predicted molar refractivity (Wildman–Crippen MR) is 53.3 cm³/mol. The van der Waals surface area contributed by atoms with Crippen LogP contribution in [0, 0.1) is 12.8 Å². The van der Waals surface area contributed by atoms with Gasteiger partial charge >= 0.3 is 6.18 Å². The highest BCUT2D eigenvalue weighted by atomic mass is 32.1. The van der Waals surface area contributed by atoms with E-state index in [0.717, 1.165) is 0 Å². The molecule has 0 radical (unpaired) electrons. The van der Waals surface area contributed by atoms with Crippen molar-refractivity contribution in [2.75, 3.05) is 0 Å². The number of hydrogen-bond acceptors (Lipinski definition) is 2. The van der Waals surface area contributed by atoms with Gasteiger partial charge in [0.2, 0.25) is 0 Å².